The van der Waals surface area contributed by atoms with Crippen molar-refractivity contribution in [2.24, 2.45) is 0 Å². The van der Waals surface area contributed by atoms with E-state index in [0.29, 0.717) is 26.4 Å². The van der Waals surface area contributed by atoms with Crippen molar-refractivity contribution in [3.63, 3.8) is 0 Å². The summed E-state index contributed by atoms with van der Waals surface area (Å²) in [4.78, 5) is 0. The van der Waals surface area contributed by atoms with E-state index in [2.05, 4.69) is 13.8 Å². The summed E-state index contributed by atoms with van der Waals surface area (Å²) >= 11 is 0. The number of hydrogen-bond acceptors (Lipinski definition) is 4. The molecular weight excluding hydrogens is 448 g/mol. The molecule has 0 amide bonds. The van der Waals surface area contributed by atoms with Crippen molar-refractivity contribution in [1.29, 1.82) is 0 Å². The van der Waals surface area contributed by atoms with Gasteiger partial charge in [-0.15, -0.1) is 0 Å². The highest BCUT2D eigenvalue weighted by Gasteiger charge is 2.26. The van der Waals surface area contributed by atoms with Crippen LogP contribution in [0.5, 0.6) is 0 Å². The third-order valence-electron chi connectivity index (χ3n) is 7.47. The molecule has 0 aliphatic carbocycles. The van der Waals surface area contributed by atoms with Crippen LogP contribution in [0, 0.1) is 0 Å². The lowest BCUT2D eigenvalue weighted by molar-refractivity contribution is -0.0707. The normalized spacial score (nSPS) is 13.3. The maximum atomic E-state index is 11.3. The van der Waals surface area contributed by atoms with E-state index in [4.69, 9.17) is 14.6 Å². The van der Waals surface area contributed by atoms with Gasteiger partial charge in [0.15, 0.2) is 0 Å². The van der Waals surface area contributed by atoms with Crippen molar-refractivity contribution in [3.05, 3.63) is 0 Å². The maximum absolute atomic E-state index is 11.3. The molecular formula is C32H66O4. The average Bonchev–Trinajstić information content (AvgIpc) is 2.88. The van der Waals surface area contributed by atoms with Gasteiger partial charge < -0.3 is 19.7 Å². The van der Waals surface area contributed by atoms with Crippen LogP contribution in [-0.2, 0) is 9.47 Å². The number of aliphatic hydroxyl groups is 2. The Bertz CT molecular complexity index is 404. The molecule has 0 aromatic heterocycles. The van der Waals surface area contributed by atoms with Gasteiger partial charge in [0.1, 0.15) is 0 Å². The van der Waals surface area contributed by atoms with Crippen molar-refractivity contribution in [1.82, 2.24) is 0 Å². The lowest BCUT2D eigenvalue weighted by Gasteiger charge is -2.28. The number of ether oxygens (including phenoxy) is 2. The second kappa shape index (κ2) is 29.4. The molecule has 0 radical (unpaired) electrons. The summed E-state index contributed by atoms with van der Waals surface area (Å²) in [5.41, 5.74) is -0.699. The first-order valence-corrected chi connectivity index (χ1v) is 16.2. The summed E-state index contributed by atoms with van der Waals surface area (Å²) in [7, 11) is 0. The molecule has 0 aromatic carbocycles. The summed E-state index contributed by atoms with van der Waals surface area (Å²) in [5, 5.41) is 20.1. The lowest BCUT2D eigenvalue weighted by atomic mass is 9.90. The van der Waals surface area contributed by atoms with Crippen LogP contribution in [-0.4, -0.2) is 48.8 Å². The lowest BCUT2D eigenvalue weighted by Crippen LogP contribution is -2.35. The van der Waals surface area contributed by atoms with Crippen molar-refractivity contribution < 1.29 is 19.7 Å². The first-order valence-electron chi connectivity index (χ1n) is 16.2. The molecule has 4 nitrogen and oxygen atoms in total. The van der Waals surface area contributed by atoms with Gasteiger partial charge in [0.2, 0.25) is 0 Å². The van der Waals surface area contributed by atoms with Crippen LogP contribution in [0.3, 0.4) is 0 Å². The number of unbranched alkanes of at least 4 members (excludes halogenated alkanes) is 20. The fraction of sp³-hybridized carbons (Fsp3) is 1.00. The zero-order valence-electron chi connectivity index (χ0n) is 24.7. The fourth-order valence-corrected chi connectivity index (χ4v) is 5.05. The zero-order valence-corrected chi connectivity index (χ0v) is 24.7. The molecule has 0 saturated heterocycles. The Morgan fingerprint density at radius 1 is 0.444 bits per heavy atom. The molecule has 0 aromatic rings. The van der Waals surface area contributed by atoms with Gasteiger partial charge in [-0.05, 0) is 12.8 Å². The molecule has 0 rings (SSSR count). The Balaban J connectivity index is 3.96. The van der Waals surface area contributed by atoms with Gasteiger partial charge >= 0.3 is 0 Å². The van der Waals surface area contributed by atoms with Crippen LogP contribution in [0.4, 0.5) is 0 Å². The van der Waals surface area contributed by atoms with E-state index in [1.165, 1.54) is 128 Å². The minimum Gasteiger partial charge on any atom is -0.394 e. The van der Waals surface area contributed by atoms with Crippen LogP contribution in [0.1, 0.15) is 168 Å². The highest BCUT2D eigenvalue weighted by Crippen LogP contribution is 2.24. The van der Waals surface area contributed by atoms with Gasteiger partial charge in [-0.2, -0.15) is 0 Å². The monoisotopic (exact) mass is 514 g/mol. The second-order valence-corrected chi connectivity index (χ2v) is 11.2. The Kier molecular flexibility index (Phi) is 29.3. The van der Waals surface area contributed by atoms with Crippen LogP contribution < -0.4 is 0 Å². The quantitative estimate of drug-likeness (QED) is 0.0905. The van der Waals surface area contributed by atoms with Crippen molar-refractivity contribution in [2.45, 2.75) is 174 Å². The van der Waals surface area contributed by atoms with Gasteiger partial charge in [0.05, 0.1) is 38.6 Å². The second-order valence-electron chi connectivity index (χ2n) is 11.2. The highest BCUT2D eigenvalue weighted by molar-refractivity contribution is 4.78. The van der Waals surface area contributed by atoms with Crippen LogP contribution in [0.15, 0.2) is 0 Å². The highest BCUT2D eigenvalue weighted by atomic mass is 16.5. The molecule has 0 aliphatic rings. The number of aliphatic hydroxyl groups excluding tert-OH is 1. The summed E-state index contributed by atoms with van der Waals surface area (Å²) < 4.78 is 11.1. The molecule has 0 bridgehead atoms. The Hall–Kier alpha value is -0.160. The molecule has 0 heterocycles. The first kappa shape index (κ1) is 35.8. The van der Waals surface area contributed by atoms with E-state index in [1.54, 1.807) is 0 Å². The van der Waals surface area contributed by atoms with E-state index in [0.717, 1.165) is 25.7 Å². The molecule has 1 atom stereocenters. The Labute approximate surface area is 226 Å². The molecule has 0 saturated carbocycles. The summed E-state index contributed by atoms with van der Waals surface area (Å²) in [6.45, 7) is 6.32. The molecule has 2 N–H and O–H groups in total. The SMILES string of the molecule is CCCCCCCCCCCCCCC(O)(CCCCCCCCCCCC)COCCOCCO. The van der Waals surface area contributed by atoms with E-state index >= 15 is 0 Å². The minimum absolute atomic E-state index is 0.0433. The van der Waals surface area contributed by atoms with E-state index < -0.39 is 5.60 Å². The molecule has 218 valence electrons. The van der Waals surface area contributed by atoms with Crippen LogP contribution >= 0.6 is 0 Å². The standard InChI is InChI=1S/C32H66O4/c1-3-5-7-9-11-13-15-16-18-20-22-24-26-32(34,31-36-30-29-35-28-27-33)25-23-21-19-17-14-12-10-8-6-4-2/h33-34H,3-31H2,1-2H3. The third kappa shape index (κ3) is 26.9. The molecule has 36 heavy (non-hydrogen) atoms. The smallest absolute Gasteiger partial charge is 0.0880 e. The van der Waals surface area contributed by atoms with Crippen molar-refractivity contribution in [3.8, 4) is 0 Å². The molecule has 1 unspecified atom stereocenters. The van der Waals surface area contributed by atoms with Gasteiger partial charge in [0.25, 0.3) is 0 Å². The van der Waals surface area contributed by atoms with Crippen molar-refractivity contribution in [2.75, 3.05) is 33.0 Å². The maximum Gasteiger partial charge on any atom is 0.0880 e. The summed E-state index contributed by atoms with van der Waals surface area (Å²) in [5.74, 6) is 0. The van der Waals surface area contributed by atoms with Gasteiger partial charge in [0, 0.05) is 0 Å². The number of hydrogen-bond donors (Lipinski definition) is 2. The van der Waals surface area contributed by atoms with E-state index in [1.807, 2.05) is 0 Å². The summed E-state index contributed by atoms with van der Waals surface area (Å²) in [6.07, 6.45) is 31.0. The van der Waals surface area contributed by atoms with Crippen LogP contribution in [0.2, 0.25) is 0 Å². The zero-order chi connectivity index (χ0) is 26.4. The van der Waals surface area contributed by atoms with E-state index in [-0.39, 0.29) is 6.61 Å². The van der Waals surface area contributed by atoms with Crippen molar-refractivity contribution >= 4 is 0 Å². The predicted octanol–water partition coefficient (Wildman–Crippen LogP) is 9.15. The minimum atomic E-state index is -0.699. The van der Waals surface area contributed by atoms with Gasteiger partial charge in [-0.25, -0.2) is 0 Å². The average molecular weight is 515 g/mol. The number of rotatable bonds is 31. The molecule has 4 heteroatoms. The third-order valence-corrected chi connectivity index (χ3v) is 7.47. The molecule has 0 aliphatic heterocycles. The Morgan fingerprint density at radius 2 is 0.778 bits per heavy atom. The molecule has 0 fully saturated rings. The first-order chi connectivity index (χ1) is 17.7. The molecule has 0 spiro atoms. The van der Waals surface area contributed by atoms with E-state index in [9.17, 15) is 5.11 Å². The summed E-state index contributed by atoms with van der Waals surface area (Å²) in [6, 6.07) is 0. The Morgan fingerprint density at radius 3 is 1.14 bits per heavy atom. The predicted molar refractivity (Wildman–Crippen MR) is 156 cm³/mol. The van der Waals surface area contributed by atoms with Crippen LogP contribution in [0.25, 0.3) is 0 Å². The topological polar surface area (TPSA) is 58.9 Å². The fourth-order valence-electron chi connectivity index (χ4n) is 5.05. The van der Waals surface area contributed by atoms with Gasteiger partial charge in [-0.3, -0.25) is 0 Å². The largest absolute Gasteiger partial charge is 0.394 e. The van der Waals surface area contributed by atoms with Gasteiger partial charge in [-0.1, -0.05) is 155 Å².